The molecule has 2 aromatic rings. The van der Waals surface area contributed by atoms with Crippen LogP contribution in [-0.4, -0.2) is 27.4 Å². The van der Waals surface area contributed by atoms with Gasteiger partial charge < -0.3 is 5.32 Å². The lowest BCUT2D eigenvalue weighted by atomic mass is 10.1. The monoisotopic (exact) mass is 360 g/mol. The van der Waals surface area contributed by atoms with Crippen LogP contribution in [0.2, 0.25) is 0 Å². The molecule has 0 aliphatic heterocycles. The molecule has 0 spiro atoms. The fraction of sp³-hybridized carbons (Fsp3) is 0.316. The summed E-state index contributed by atoms with van der Waals surface area (Å²) in [6.45, 7) is 2.44. The molecule has 0 saturated heterocycles. The Balaban J connectivity index is 1.71. The van der Waals surface area contributed by atoms with Crippen LogP contribution in [0.4, 0.5) is 0 Å². The Labute approximate surface area is 149 Å². The molecule has 2 aromatic carbocycles. The lowest BCUT2D eigenvalue weighted by Crippen LogP contribution is -2.34. The van der Waals surface area contributed by atoms with Crippen molar-refractivity contribution in [2.45, 2.75) is 31.1 Å². The van der Waals surface area contributed by atoms with Gasteiger partial charge in [-0.15, -0.1) is 0 Å². The Kier molecular flexibility index (Phi) is 7.16. The van der Waals surface area contributed by atoms with E-state index in [1.807, 2.05) is 37.3 Å². The number of hydrogen-bond acceptors (Lipinski definition) is 3. The molecule has 25 heavy (non-hydrogen) atoms. The van der Waals surface area contributed by atoms with Crippen molar-refractivity contribution in [1.29, 1.82) is 0 Å². The third kappa shape index (κ3) is 6.32. The predicted octanol–water partition coefficient (Wildman–Crippen LogP) is 2.28. The first-order valence-corrected chi connectivity index (χ1v) is 9.89. The Morgan fingerprint density at radius 3 is 2.24 bits per heavy atom. The van der Waals surface area contributed by atoms with Gasteiger partial charge in [-0.05, 0) is 36.1 Å². The maximum atomic E-state index is 12.2. The largest absolute Gasteiger partial charge is 0.355 e. The van der Waals surface area contributed by atoms with Gasteiger partial charge in [0.1, 0.15) is 0 Å². The number of sulfonamides is 1. The lowest BCUT2D eigenvalue weighted by Gasteiger charge is -2.09. The third-order valence-corrected chi connectivity index (χ3v) is 5.34. The molecule has 6 heteroatoms. The fourth-order valence-electron chi connectivity index (χ4n) is 2.37. The van der Waals surface area contributed by atoms with Crippen LogP contribution in [0.25, 0.3) is 0 Å². The van der Waals surface area contributed by atoms with Crippen LogP contribution in [-0.2, 0) is 27.7 Å². The second kappa shape index (κ2) is 9.34. The Morgan fingerprint density at radius 2 is 1.60 bits per heavy atom. The number of amides is 1. The van der Waals surface area contributed by atoms with Crippen LogP contribution in [0.1, 0.15) is 24.5 Å². The molecule has 0 unspecified atom stereocenters. The number of carbonyl (C=O) groups excluding carboxylic acids is 1. The molecular weight excluding hydrogens is 336 g/mol. The molecule has 1 amide bonds. The van der Waals surface area contributed by atoms with E-state index in [1.54, 1.807) is 24.3 Å². The van der Waals surface area contributed by atoms with E-state index in [0.717, 1.165) is 17.5 Å². The molecule has 134 valence electrons. The summed E-state index contributed by atoms with van der Waals surface area (Å²) in [6.07, 6.45) is 1.92. The fourth-order valence-corrected chi connectivity index (χ4v) is 3.40. The molecular formula is C19H24N2O3S. The van der Waals surface area contributed by atoms with Crippen LogP contribution in [0.3, 0.4) is 0 Å². The van der Waals surface area contributed by atoms with Gasteiger partial charge in [0.05, 0.1) is 4.90 Å². The smallest absolute Gasteiger partial charge is 0.240 e. The molecule has 0 heterocycles. The van der Waals surface area contributed by atoms with E-state index in [2.05, 4.69) is 10.0 Å². The van der Waals surface area contributed by atoms with Crippen molar-refractivity contribution in [2.24, 2.45) is 0 Å². The average Bonchev–Trinajstić information content (AvgIpc) is 2.64. The zero-order valence-electron chi connectivity index (χ0n) is 14.4. The van der Waals surface area contributed by atoms with Gasteiger partial charge >= 0.3 is 0 Å². The molecule has 0 aromatic heterocycles. The van der Waals surface area contributed by atoms with Crippen molar-refractivity contribution in [3.63, 3.8) is 0 Å². The minimum absolute atomic E-state index is 0.0876. The predicted molar refractivity (Wildman–Crippen MR) is 98.8 cm³/mol. The Bertz CT molecular complexity index is 772. The van der Waals surface area contributed by atoms with Crippen molar-refractivity contribution >= 4 is 15.9 Å². The van der Waals surface area contributed by atoms with Gasteiger partial charge in [-0.1, -0.05) is 49.4 Å². The van der Waals surface area contributed by atoms with Gasteiger partial charge in [-0.25, -0.2) is 13.1 Å². The molecule has 0 saturated carbocycles. The highest BCUT2D eigenvalue weighted by Gasteiger charge is 2.13. The number of aryl methyl sites for hydroxylation is 2. The SMILES string of the molecule is CCc1ccc(S(=O)(=O)NCCNC(=O)CCc2ccccc2)cc1. The maximum absolute atomic E-state index is 12.2. The first-order valence-electron chi connectivity index (χ1n) is 8.40. The Hall–Kier alpha value is -2.18. The summed E-state index contributed by atoms with van der Waals surface area (Å²) in [5.74, 6) is -0.0876. The second-order valence-corrected chi connectivity index (χ2v) is 7.50. The van der Waals surface area contributed by atoms with Gasteiger partial charge in [0.25, 0.3) is 0 Å². The number of hydrogen-bond donors (Lipinski definition) is 2. The number of nitrogens with one attached hydrogen (secondary N) is 2. The van der Waals surface area contributed by atoms with Crippen molar-refractivity contribution in [1.82, 2.24) is 10.0 Å². The van der Waals surface area contributed by atoms with E-state index in [4.69, 9.17) is 0 Å². The Morgan fingerprint density at radius 1 is 0.920 bits per heavy atom. The lowest BCUT2D eigenvalue weighted by molar-refractivity contribution is -0.121. The van der Waals surface area contributed by atoms with Gasteiger partial charge in [0, 0.05) is 19.5 Å². The van der Waals surface area contributed by atoms with E-state index < -0.39 is 10.0 Å². The number of rotatable bonds is 9. The molecule has 0 bridgehead atoms. The van der Waals surface area contributed by atoms with E-state index in [-0.39, 0.29) is 23.9 Å². The molecule has 0 radical (unpaired) electrons. The summed E-state index contributed by atoms with van der Waals surface area (Å²) >= 11 is 0. The molecule has 5 nitrogen and oxygen atoms in total. The quantitative estimate of drug-likeness (QED) is 0.674. The first-order chi connectivity index (χ1) is 12.0. The van der Waals surface area contributed by atoms with Gasteiger partial charge in [-0.2, -0.15) is 0 Å². The summed E-state index contributed by atoms with van der Waals surface area (Å²) < 4.78 is 26.8. The summed E-state index contributed by atoms with van der Waals surface area (Å²) in [5.41, 5.74) is 2.19. The molecule has 0 fully saturated rings. The van der Waals surface area contributed by atoms with Crippen molar-refractivity contribution in [3.05, 3.63) is 65.7 Å². The van der Waals surface area contributed by atoms with Crippen molar-refractivity contribution in [2.75, 3.05) is 13.1 Å². The van der Waals surface area contributed by atoms with E-state index in [9.17, 15) is 13.2 Å². The molecule has 2 N–H and O–H groups in total. The standard InChI is InChI=1S/C19H24N2O3S/c1-2-16-8-11-18(12-9-16)25(23,24)21-15-14-20-19(22)13-10-17-6-4-3-5-7-17/h3-9,11-12,21H,2,10,13-15H2,1H3,(H,20,22). The second-order valence-electron chi connectivity index (χ2n) is 5.73. The summed E-state index contributed by atoms with van der Waals surface area (Å²) in [6, 6.07) is 16.6. The van der Waals surface area contributed by atoms with Crippen molar-refractivity contribution in [3.8, 4) is 0 Å². The summed E-state index contributed by atoms with van der Waals surface area (Å²) in [7, 11) is -3.54. The third-order valence-electron chi connectivity index (χ3n) is 3.86. The van der Waals surface area contributed by atoms with E-state index in [1.165, 1.54) is 0 Å². The molecule has 0 aliphatic rings. The highest BCUT2D eigenvalue weighted by Crippen LogP contribution is 2.10. The van der Waals surface area contributed by atoms with Crippen LogP contribution in [0.5, 0.6) is 0 Å². The molecule has 0 atom stereocenters. The maximum Gasteiger partial charge on any atom is 0.240 e. The first kappa shape index (κ1) is 19.1. The van der Waals surface area contributed by atoms with E-state index in [0.29, 0.717) is 12.8 Å². The van der Waals surface area contributed by atoms with Crippen LogP contribution < -0.4 is 10.0 Å². The average molecular weight is 360 g/mol. The topological polar surface area (TPSA) is 75.3 Å². The highest BCUT2D eigenvalue weighted by atomic mass is 32.2. The number of benzene rings is 2. The minimum atomic E-state index is -3.54. The van der Waals surface area contributed by atoms with Gasteiger partial charge in [0.15, 0.2) is 0 Å². The number of carbonyl (C=O) groups is 1. The van der Waals surface area contributed by atoms with E-state index >= 15 is 0 Å². The van der Waals surface area contributed by atoms with Gasteiger partial charge in [-0.3, -0.25) is 4.79 Å². The molecule has 0 aliphatic carbocycles. The highest BCUT2D eigenvalue weighted by molar-refractivity contribution is 7.89. The van der Waals surface area contributed by atoms with Crippen molar-refractivity contribution < 1.29 is 13.2 Å². The zero-order valence-corrected chi connectivity index (χ0v) is 15.2. The normalized spacial score (nSPS) is 11.2. The van der Waals surface area contributed by atoms with Crippen LogP contribution in [0.15, 0.2) is 59.5 Å². The summed E-state index contributed by atoms with van der Waals surface area (Å²) in [5, 5.41) is 2.73. The van der Waals surface area contributed by atoms with Gasteiger partial charge in [0.2, 0.25) is 15.9 Å². The zero-order chi connectivity index (χ0) is 18.1. The minimum Gasteiger partial charge on any atom is -0.355 e. The van der Waals surface area contributed by atoms with Crippen LogP contribution in [0, 0.1) is 0 Å². The summed E-state index contributed by atoms with van der Waals surface area (Å²) in [4.78, 5) is 12.0. The van der Waals surface area contributed by atoms with Crippen LogP contribution >= 0.6 is 0 Å². The molecule has 2 rings (SSSR count).